The van der Waals surface area contributed by atoms with E-state index in [9.17, 15) is 4.79 Å². The van der Waals surface area contributed by atoms with Crippen LogP contribution in [0.2, 0.25) is 0 Å². The molecule has 0 aromatic heterocycles. The molecular formula is C11H20N2O2. The van der Waals surface area contributed by atoms with Gasteiger partial charge < -0.3 is 15.4 Å². The van der Waals surface area contributed by atoms with Crippen molar-refractivity contribution in [2.45, 2.75) is 20.3 Å². The van der Waals surface area contributed by atoms with Gasteiger partial charge in [-0.3, -0.25) is 0 Å². The number of ether oxygens (including phenoxy) is 1. The number of nitrogens with one attached hydrogen (secondary N) is 2. The van der Waals surface area contributed by atoms with Gasteiger partial charge >= 0.3 is 6.09 Å². The Hall–Kier alpha value is -1.03. The van der Waals surface area contributed by atoms with Crippen LogP contribution >= 0.6 is 0 Å². The van der Waals surface area contributed by atoms with Crippen LogP contribution in [-0.4, -0.2) is 32.3 Å². The molecule has 0 aromatic carbocycles. The summed E-state index contributed by atoms with van der Waals surface area (Å²) >= 11 is 0. The second-order valence-electron chi connectivity index (χ2n) is 4.16. The van der Waals surface area contributed by atoms with E-state index in [2.05, 4.69) is 16.7 Å². The highest BCUT2D eigenvalue weighted by Crippen LogP contribution is 2.02. The minimum atomic E-state index is -0.317. The topological polar surface area (TPSA) is 50.4 Å². The van der Waals surface area contributed by atoms with Crippen molar-refractivity contribution in [1.82, 2.24) is 10.6 Å². The second kappa shape index (κ2) is 6.45. The van der Waals surface area contributed by atoms with Gasteiger partial charge in [0.1, 0.15) is 0 Å². The second-order valence-corrected chi connectivity index (χ2v) is 4.16. The van der Waals surface area contributed by atoms with Crippen molar-refractivity contribution >= 4 is 6.09 Å². The zero-order chi connectivity index (χ0) is 11.1. The SMILES string of the molecule is CC(C)COC(=O)NCC1=CCNCC1. The third-order valence-corrected chi connectivity index (χ3v) is 2.17. The van der Waals surface area contributed by atoms with Gasteiger partial charge in [0.2, 0.25) is 0 Å². The molecule has 0 fully saturated rings. The maximum Gasteiger partial charge on any atom is 0.407 e. The molecule has 2 N–H and O–H groups in total. The van der Waals surface area contributed by atoms with Crippen molar-refractivity contribution in [1.29, 1.82) is 0 Å². The molecule has 4 heteroatoms. The van der Waals surface area contributed by atoms with Crippen LogP contribution in [0.4, 0.5) is 4.79 Å². The molecule has 0 spiro atoms. The molecule has 1 heterocycles. The van der Waals surface area contributed by atoms with Crippen LogP contribution in [-0.2, 0) is 4.74 Å². The van der Waals surface area contributed by atoms with Crippen LogP contribution in [0.25, 0.3) is 0 Å². The van der Waals surface area contributed by atoms with E-state index in [1.807, 2.05) is 13.8 Å². The van der Waals surface area contributed by atoms with Gasteiger partial charge in [0.05, 0.1) is 6.61 Å². The first-order valence-electron chi connectivity index (χ1n) is 5.47. The summed E-state index contributed by atoms with van der Waals surface area (Å²) in [6.07, 6.45) is 2.81. The lowest BCUT2D eigenvalue weighted by Gasteiger charge is -2.14. The zero-order valence-electron chi connectivity index (χ0n) is 9.51. The summed E-state index contributed by atoms with van der Waals surface area (Å²) in [7, 11) is 0. The van der Waals surface area contributed by atoms with Crippen molar-refractivity contribution in [3.05, 3.63) is 11.6 Å². The Bertz CT molecular complexity index is 237. The summed E-state index contributed by atoms with van der Waals surface area (Å²) in [6.45, 7) is 7.02. The third kappa shape index (κ3) is 5.42. The molecule has 4 nitrogen and oxygen atoms in total. The van der Waals surface area contributed by atoms with Gasteiger partial charge in [-0.1, -0.05) is 25.5 Å². The number of hydrogen-bond donors (Lipinski definition) is 2. The number of carbonyl (C=O) groups is 1. The molecule has 0 unspecified atom stereocenters. The lowest BCUT2D eigenvalue weighted by molar-refractivity contribution is 0.133. The van der Waals surface area contributed by atoms with Crippen LogP contribution in [0.15, 0.2) is 11.6 Å². The first-order chi connectivity index (χ1) is 7.18. The Morgan fingerprint density at radius 3 is 3.07 bits per heavy atom. The van der Waals surface area contributed by atoms with E-state index in [1.165, 1.54) is 5.57 Å². The highest BCUT2D eigenvalue weighted by molar-refractivity contribution is 5.67. The molecule has 0 aromatic rings. The molecule has 1 rings (SSSR count). The van der Waals surface area contributed by atoms with Gasteiger partial charge in [-0.15, -0.1) is 0 Å². The Kier molecular flexibility index (Phi) is 5.18. The average Bonchev–Trinajstić information content (AvgIpc) is 2.25. The minimum Gasteiger partial charge on any atom is -0.449 e. The van der Waals surface area contributed by atoms with Gasteiger partial charge in [0, 0.05) is 13.1 Å². The third-order valence-electron chi connectivity index (χ3n) is 2.17. The predicted octanol–water partition coefficient (Wildman–Crippen LogP) is 1.29. The molecule has 1 amide bonds. The van der Waals surface area contributed by atoms with E-state index >= 15 is 0 Å². The van der Waals surface area contributed by atoms with Crippen LogP contribution in [0.1, 0.15) is 20.3 Å². The Balaban J connectivity index is 2.13. The Morgan fingerprint density at radius 1 is 1.67 bits per heavy atom. The van der Waals surface area contributed by atoms with Gasteiger partial charge in [-0.05, 0) is 18.9 Å². The largest absolute Gasteiger partial charge is 0.449 e. The van der Waals surface area contributed by atoms with Gasteiger partial charge in [-0.25, -0.2) is 4.79 Å². The quantitative estimate of drug-likeness (QED) is 0.690. The van der Waals surface area contributed by atoms with Crippen LogP contribution in [0.3, 0.4) is 0 Å². The molecule has 86 valence electrons. The molecular weight excluding hydrogens is 192 g/mol. The summed E-state index contributed by atoms with van der Waals surface area (Å²) in [5.41, 5.74) is 1.27. The molecule has 0 saturated carbocycles. The number of alkyl carbamates (subject to hydrolysis) is 1. The van der Waals surface area contributed by atoms with Gasteiger partial charge in [-0.2, -0.15) is 0 Å². The highest BCUT2D eigenvalue weighted by Gasteiger charge is 2.06. The van der Waals surface area contributed by atoms with Crippen molar-refractivity contribution in [2.75, 3.05) is 26.2 Å². The van der Waals surface area contributed by atoms with Crippen molar-refractivity contribution in [2.24, 2.45) is 5.92 Å². The highest BCUT2D eigenvalue weighted by atomic mass is 16.5. The van der Waals surface area contributed by atoms with Crippen molar-refractivity contribution < 1.29 is 9.53 Å². The van der Waals surface area contributed by atoms with E-state index in [0.717, 1.165) is 19.5 Å². The zero-order valence-corrected chi connectivity index (χ0v) is 9.51. The summed E-state index contributed by atoms with van der Waals surface area (Å²) < 4.78 is 5.00. The number of amides is 1. The molecule has 1 aliphatic heterocycles. The van der Waals surface area contributed by atoms with Crippen molar-refractivity contribution in [3.63, 3.8) is 0 Å². The van der Waals surface area contributed by atoms with Crippen LogP contribution in [0, 0.1) is 5.92 Å². The Morgan fingerprint density at radius 2 is 2.47 bits per heavy atom. The first kappa shape index (κ1) is 12.0. The maximum absolute atomic E-state index is 11.2. The van der Waals surface area contributed by atoms with E-state index in [0.29, 0.717) is 19.1 Å². The number of rotatable bonds is 4. The lowest BCUT2D eigenvalue weighted by atomic mass is 10.1. The van der Waals surface area contributed by atoms with E-state index < -0.39 is 0 Å². The molecule has 0 atom stereocenters. The summed E-state index contributed by atoms with van der Waals surface area (Å²) in [4.78, 5) is 11.2. The molecule has 0 radical (unpaired) electrons. The summed E-state index contributed by atoms with van der Waals surface area (Å²) in [5.74, 6) is 0.383. The fourth-order valence-electron chi connectivity index (χ4n) is 1.31. The first-order valence-corrected chi connectivity index (χ1v) is 5.47. The molecule has 0 saturated heterocycles. The monoisotopic (exact) mass is 212 g/mol. The molecule has 1 aliphatic rings. The fraction of sp³-hybridized carbons (Fsp3) is 0.727. The van der Waals surface area contributed by atoms with Gasteiger partial charge in [0.15, 0.2) is 0 Å². The lowest BCUT2D eigenvalue weighted by Crippen LogP contribution is -2.30. The Labute approximate surface area is 91.1 Å². The van der Waals surface area contributed by atoms with E-state index in [1.54, 1.807) is 0 Å². The summed E-state index contributed by atoms with van der Waals surface area (Å²) in [6, 6.07) is 0. The number of hydrogen-bond acceptors (Lipinski definition) is 3. The van der Waals surface area contributed by atoms with Gasteiger partial charge in [0.25, 0.3) is 0 Å². The maximum atomic E-state index is 11.2. The predicted molar refractivity (Wildman–Crippen MR) is 59.8 cm³/mol. The van der Waals surface area contributed by atoms with Crippen molar-refractivity contribution in [3.8, 4) is 0 Å². The van der Waals surface area contributed by atoms with Crippen LogP contribution in [0.5, 0.6) is 0 Å². The number of carbonyl (C=O) groups excluding carboxylic acids is 1. The van der Waals surface area contributed by atoms with E-state index in [-0.39, 0.29) is 6.09 Å². The van der Waals surface area contributed by atoms with Crippen LogP contribution < -0.4 is 10.6 Å². The normalized spacial score (nSPS) is 16.1. The smallest absolute Gasteiger partial charge is 0.407 e. The minimum absolute atomic E-state index is 0.317. The average molecular weight is 212 g/mol. The molecule has 15 heavy (non-hydrogen) atoms. The standard InChI is InChI=1S/C11H20N2O2/c1-9(2)8-15-11(14)13-7-10-3-5-12-6-4-10/h3,9,12H,4-8H2,1-2H3,(H,13,14). The van der Waals surface area contributed by atoms with E-state index in [4.69, 9.17) is 4.74 Å². The molecule has 0 aliphatic carbocycles. The fourth-order valence-corrected chi connectivity index (χ4v) is 1.31. The summed E-state index contributed by atoms with van der Waals surface area (Å²) in [5, 5.41) is 5.97. The molecule has 0 bridgehead atoms.